The van der Waals surface area contributed by atoms with E-state index >= 15 is 0 Å². The summed E-state index contributed by atoms with van der Waals surface area (Å²) in [6.07, 6.45) is 1.01. The van der Waals surface area contributed by atoms with Crippen LogP contribution in [0.25, 0.3) is 0 Å². The Balaban J connectivity index is 1.70. The van der Waals surface area contributed by atoms with Crippen molar-refractivity contribution in [3.63, 3.8) is 0 Å². The lowest BCUT2D eigenvalue weighted by Crippen LogP contribution is -2.36. The molecule has 2 aromatic rings. The molecule has 1 aliphatic carbocycles. The minimum atomic E-state index is -0.456. The van der Waals surface area contributed by atoms with Crippen LogP contribution in [-0.4, -0.2) is 44.1 Å². The van der Waals surface area contributed by atoms with Crippen LogP contribution in [0.4, 0.5) is 0 Å². The van der Waals surface area contributed by atoms with Gasteiger partial charge in [-0.15, -0.1) is 0 Å². The van der Waals surface area contributed by atoms with Gasteiger partial charge in [-0.25, -0.2) is 4.79 Å². The van der Waals surface area contributed by atoms with E-state index in [1.807, 2.05) is 56.3 Å². The first kappa shape index (κ1) is 26.9. The molecular weight excluding hydrogens is 486 g/mol. The monoisotopic (exact) mass is 521 g/mol. The number of rotatable bonds is 9. The summed E-state index contributed by atoms with van der Waals surface area (Å²) in [7, 11) is 3.22. The minimum Gasteiger partial charge on any atom is -0.493 e. The minimum absolute atomic E-state index is 0.00964. The molecule has 6 nitrogen and oxygen atoms in total. The van der Waals surface area contributed by atoms with Gasteiger partial charge in [0.15, 0.2) is 17.3 Å². The smallest absolute Gasteiger partial charge is 0.336 e. The summed E-state index contributed by atoms with van der Waals surface area (Å²) < 4.78 is 16.5. The Labute approximate surface area is 223 Å². The quantitative estimate of drug-likeness (QED) is 0.337. The molecule has 0 aromatic heterocycles. The topological polar surface area (TPSA) is 73.9 Å². The van der Waals surface area contributed by atoms with Gasteiger partial charge in [0.05, 0.1) is 19.8 Å². The van der Waals surface area contributed by atoms with Gasteiger partial charge in [-0.2, -0.15) is 11.8 Å². The van der Waals surface area contributed by atoms with E-state index in [2.05, 4.69) is 12.2 Å². The highest BCUT2D eigenvalue weighted by Crippen LogP contribution is 2.46. The van der Waals surface area contributed by atoms with Gasteiger partial charge in [-0.1, -0.05) is 42.8 Å². The van der Waals surface area contributed by atoms with Gasteiger partial charge >= 0.3 is 5.97 Å². The Kier molecular flexibility index (Phi) is 8.64. The normalized spacial score (nSPS) is 19.3. The molecule has 2 aliphatic rings. The number of carbonyl (C=O) groups excluding carboxylic acids is 2. The van der Waals surface area contributed by atoms with Crippen LogP contribution in [0.15, 0.2) is 65.0 Å². The second-order valence-corrected chi connectivity index (χ2v) is 10.8. The number of hydrogen-bond acceptors (Lipinski definition) is 7. The van der Waals surface area contributed by atoms with E-state index in [0.717, 1.165) is 39.6 Å². The maximum Gasteiger partial charge on any atom is 0.336 e. The summed E-state index contributed by atoms with van der Waals surface area (Å²) >= 11 is 1.73. The molecule has 0 unspecified atom stereocenters. The number of carbonyl (C=O) groups is 2. The molecule has 7 heteroatoms. The van der Waals surface area contributed by atoms with Gasteiger partial charge in [0.25, 0.3) is 0 Å². The number of benzene rings is 2. The number of ketones is 1. The van der Waals surface area contributed by atoms with Crippen molar-refractivity contribution < 1.29 is 23.8 Å². The van der Waals surface area contributed by atoms with E-state index in [0.29, 0.717) is 42.1 Å². The lowest BCUT2D eigenvalue weighted by atomic mass is 9.71. The first-order chi connectivity index (χ1) is 17.9. The van der Waals surface area contributed by atoms with Gasteiger partial charge in [-0.3, -0.25) is 4.79 Å². The van der Waals surface area contributed by atoms with Gasteiger partial charge in [-0.05, 0) is 55.2 Å². The molecule has 2 aromatic carbocycles. The third-order valence-corrected chi connectivity index (χ3v) is 7.87. The average molecular weight is 522 g/mol. The summed E-state index contributed by atoms with van der Waals surface area (Å²) in [6.45, 7) is 6.34. The third-order valence-electron chi connectivity index (χ3n) is 7.00. The first-order valence-corrected chi connectivity index (χ1v) is 13.8. The van der Waals surface area contributed by atoms with Gasteiger partial charge < -0.3 is 19.5 Å². The number of dihydropyridines is 1. The highest BCUT2D eigenvalue weighted by molar-refractivity contribution is 7.99. The van der Waals surface area contributed by atoms with E-state index in [9.17, 15) is 9.59 Å². The van der Waals surface area contributed by atoms with Crippen molar-refractivity contribution in [2.45, 2.75) is 45.4 Å². The number of hydrogen-bond donors (Lipinski definition) is 1. The number of esters is 1. The summed E-state index contributed by atoms with van der Waals surface area (Å²) in [5.41, 5.74) is 5.86. The maximum absolute atomic E-state index is 13.8. The molecule has 37 heavy (non-hydrogen) atoms. The zero-order chi connectivity index (χ0) is 26.5. The van der Waals surface area contributed by atoms with E-state index in [-0.39, 0.29) is 17.7 Å². The Morgan fingerprint density at radius 3 is 2.38 bits per heavy atom. The molecule has 1 heterocycles. The van der Waals surface area contributed by atoms with Gasteiger partial charge in [0.2, 0.25) is 0 Å². The molecule has 0 amide bonds. The number of allylic oxidation sites excluding steroid dienone is 3. The molecule has 1 N–H and O–H groups in total. The van der Waals surface area contributed by atoms with Crippen molar-refractivity contribution in [1.29, 1.82) is 0 Å². The molecule has 4 rings (SSSR count). The van der Waals surface area contributed by atoms with Crippen LogP contribution < -0.4 is 14.8 Å². The zero-order valence-electron chi connectivity index (χ0n) is 22.2. The number of ether oxygens (including phenoxy) is 3. The van der Waals surface area contributed by atoms with Crippen LogP contribution in [0, 0.1) is 6.92 Å². The second kappa shape index (κ2) is 11.9. The lowest BCUT2D eigenvalue weighted by Gasteiger charge is -2.36. The molecule has 2 atom stereocenters. The predicted molar refractivity (Wildman–Crippen MR) is 147 cm³/mol. The summed E-state index contributed by atoms with van der Waals surface area (Å²) in [4.78, 5) is 27.1. The first-order valence-electron chi connectivity index (χ1n) is 12.6. The average Bonchev–Trinajstić information content (AvgIpc) is 2.90. The zero-order valence-corrected chi connectivity index (χ0v) is 23.0. The summed E-state index contributed by atoms with van der Waals surface area (Å²) in [6, 6.07) is 13.9. The number of Topliss-reactive ketones (excluding diaryl/α,β-unsaturated/α-hetero) is 1. The van der Waals surface area contributed by atoms with Crippen molar-refractivity contribution in [2.75, 3.05) is 32.3 Å². The highest BCUT2D eigenvalue weighted by Gasteiger charge is 2.41. The Hall–Kier alpha value is -3.19. The number of nitrogens with one attached hydrogen (secondary N) is 1. The van der Waals surface area contributed by atoms with E-state index in [1.165, 1.54) is 0 Å². The fourth-order valence-corrected chi connectivity index (χ4v) is 5.65. The SMILES string of the molecule is CCSCCOC(=O)C1=C(C)NC2=C(C(=O)C[C@H](c3ccc(OC)c(OC)c3)C2)[C@@H]1c1ccc(C)cc1. The summed E-state index contributed by atoms with van der Waals surface area (Å²) in [5, 5.41) is 3.42. The molecule has 0 spiro atoms. The Bertz CT molecular complexity index is 1230. The molecule has 0 bridgehead atoms. The molecule has 0 saturated carbocycles. The predicted octanol–water partition coefficient (Wildman–Crippen LogP) is 5.67. The molecular formula is C30H35NO5S. The molecule has 0 radical (unpaired) electrons. The van der Waals surface area contributed by atoms with Crippen molar-refractivity contribution >= 4 is 23.5 Å². The number of thioether (sulfide) groups is 1. The largest absolute Gasteiger partial charge is 0.493 e. The third kappa shape index (κ3) is 5.72. The second-order valence-electron chi connectivity index (χ2n) is 9.38. The maximum atomic E-state index is 13.8. The van der Waals surface area contributed by atoms with Crippen molar-refractivity contribution in [2.24, 2.45) is 0 Å². The summed E-state index contributed by atoms with van der Waals surface area (Å²) in [5.74, 6) is 2.22. The van der Waals surface area contributed by atoms with Crippen LogP contribution >= 0.6 is 11.8 Å². The van der Waals surface area contributed by atoms with Crippen molar-refractivity contribution in [3.8, 4) is 11.5 Å². The molecule has 1 aliphatic heterocycles. The van der Waals surface area contributed by atoms with Crippen LogP contribution in [0.5, 0.6) is 11.5 Å². The molecule has 0 saturated heterocycles. The fraction of sp³-hybridized carbons (Fsp3) is 0.400. The van der Waals surface area contributed by atoms with Crippen LogP contribution in [0.1, 0.15) is 55.2 Å². The molecule has 196 valence electrons. The van der Waals surface area contributed by atoms with E-state index in [4.69, 9.17) is 14.2 Å². The highest BCUT2D eigenvalue weighted by atomic mass is 32.2. The van der Waals surface area contributed by atoms with E-state index in [1.54, 1.807) is 26.0 Å². The lowest BCUT2D eigenvalue weighted by molar-refractivity contribution is -0.138. The van der Waals surface area contributed by atoms with Gasteiger partial charge in [0, 0.05) is 35.1 Å². The Morgan fingerprint density at radius 2 is 1.70 bits per heavy atom. The van der Waals surface area contributed by atoms with Gasteiger partial charge in [0.1, 0.15) is 6.61 Å². The van der Waals surface area contributed by atoms with Crippen molar-refractivity contribution in [1.82, 2.24) is 5.32 Å². The van der Waals surface area contributed by atoms with Crippen molar-refractivity contribution in [3.05, 3.63) is 81.7 Å². The fourth-order valence-electron chi connectivity index (χ4n) is 5.16. The standard InChI is InChI=1S/C30H35NO5S/c1-6-37-14-13-36-30(33)27-19(3)31-23-15-22(21-11-12-25(34-4)26(17-21)35-5)16-24(32)29(23)28(27)20-9-7-18(2)8-10-20/h7-12,17,22,28,31H,6,13-16H2,1-5H3/t22-,28-/m1/s1. The van der Waals surface area contributed by atoms with Crippen LogP contribution in [0.2, 0.25) is 0 Å². The van der Waals surface area contributed by atoms with E-state index < -0.39 is 5.92 Å². The van der Waals surface area contributed by atoms with Crippen LogP contribution in [-0.2, 0) is 14.3 Å². The Morgan fingerprint density at radius 1 is 1.00 bits per heavy atom. The number of aryl methyl sites for hydroxylation is 1. The number of methoxy groups -OCH3 is 2. The molecule has 0 fully saturated rings. The van der Waals surface area contributed by atoms with Crippen LogP contribution in [0.3, 0.4) is 0 Å².